The van der Waals surface area contributed by atoms with Crippen molar-refractivity contribution in [2.24, 2.45) is 0 Å². The van der Waals surface area contributed by atoms with Crippen molar-refractivity contribution in [3.63, 3.8) is 0 Å². The molecule has 1 heterocycles. The third-order valence-electron chi connectivity index (χ3n) is 6.56. The number of fused-ring (bicyclic) bond motifs is 1. The minimum atomic E-state index is -3.91. The number of hydrogen-bond acceptors (Lipinski definition) is 5. The maximum Gasteiger partial charge on any atom is 0.308 e. The minimum absolute atomic E-state index is 0.0344. The molecule has 0 spiro atoms. The lowest BCUT2D eigenvalue weighted by Crippen LogP contribution is -2.31. The monoisotopic (exact) mass is 591 g/mol. The molecule has 0 saturated heterocycles. The Labute approximate surface area is 241 Å². The smallest absolute Gasteiger partial charge is 0.308 e. The highest BCUT2D eigenvalue weighted by molar-refractivity contribution is 7.92. The van der Waals surface area contributed by atoms with Gasteiger partial charge in [-0.3, -0.25) is 18.5 Å². The lowest BCUT2D eigenvalue weighted by atomic mass is 10.1. The first kappa shape index (κ1) is 27.6. The summed E-state index contributed by atoms with van der Waals surface area (Å²) in [7, 11) is -3.91. The standard InChI is InChI=1S/C30H26ClN3O4S2/c1-3-33-26-16-15-24(18-28(26)39-30(33)36)32-29(35)22-12-10-21(11-13-22)19-34(27-17-23(31)14-9-20(27)2)40(37,38)25-7-5-4-6-8-25/h4-18H,3,19H2,1-2H3,(H,32,35). The summed E-state index contributed by atoms with van der Waals surface area (Å²) >= 11 is 7.39. The van der Waals surface area contributed by atoms with E-state index in [1.54, 1.807) is 89.5 Å². The number of anilines is 2. The Morgan fingerprint density at radius 1 is 0.975 bits per heavy atom. The number of nitrogens with zero attached hydrogens (tertiary/aromatic N) is 2. The van der Waals surface area contributed by atoms with Gasteiger partial charge in [-0.15, -0.1) is 0 Å². The van der Waals surface area contributed by atoms with Gasteiger partial charge in [0, 0.05) is 22.8 Å². The van der Waals surface area contributed by atoms with Gasteiger partial charge in [0.25, 0.3) is 15.9 Å². The molecule has 5 rings (SSSR count). The summed E-state index contributed by atoms with van der Waals surface area (Å²) in [5.74, 6) is -0.312. The fourth-order valence-corrected chi connectivity index (χ4v) is 7.14. The van der Waals surface area contributed by atoms with Crippen molar-refractivity contribution in [2.45, 2.75) is 31.8 Å². The third kappa shape index (κ3) is 5.54. The quantitative estimate of drug-likeness (QED) is 0.218. The average Bonchev–Trinajstić information content (AvgIpc) is 3.27. The number of hydrogen-bond donors (Lipinski definition) is 1. The van der Waals surface area contributed by atoms with Gasteiger partial charge in [0.05, 0.1) is 27.3 Å². The molecule has 0 fully saturated rings. The first-order chi connectivity index (χ1) is 19.2. The lowest BCUT2D eigenvalue weighted by molar-refractivity contribution is 0.102. The van der Waals surface area contributed by atoms with Crippen LogP contribution in [0.3, 0.4) is 0 Å². The van der Waals surface area contributed by atoms with Gasteiger partial charge >= 0.3 is 4.87 Å². The number of carbonyl (C=O) groups excluding carboxylic acids is 1. The molecule has 1 N–H and O–H groups in total. The van der Waals surface area contributed by atoms with Gasteiger partial charge in [-0.1, -0.05) is 59.3 Å². The van der Waals surface area contributed by atoms with Crippen LogP contribution in [-0.2, 0) is 23.1 Å². The zero-order valence-electron chi connectivity index (χ0n) is 21.8. The van der Waals surface area contributed by atoms with Gasteiger partial charge in [0.15, 0.2) is 0 Å². The van der Waals surface area contributed by atoms with E-state index in [0.29, 0.717) is 34.1 Å². The van der Waals surface area contributed by atoms with Crippen LogP contribution in [0.4, 0.5) is 11.4 Å². The molecule has 1 aromatic heterocycles. The highest BCUT2D eigenvalue weighted by atomic mass is 35.5. The van der Waals surface area contributed by atoms with Crippen molar-refractivity contribution in [1.29, 1.82) is 0 Å². The van der Waals surface area contributed by atoms with Crippen LogP contribution >= 0.6 is 22.9 Å². The molecule has 0 bridgehead atoms. The highest BCUT2D eigenvalue weighted by Gasteiger charge is 2.26. The molecule has 0 aliphatic rings. The fraction of sp³-hybridized carbons (Fsp3) is 0.133. The first-order valence-corrected chi connectivity index (χ1v) is 15.2. The molecular weight excluding hydrogens is 566 g/mol. The summed E-state index contributed by atoms with van der Waals surface area (Å²) in [5, 5.41) is 3.31. The minimum Gasteiger partial charge on any atom is -0.322 e. The number of aryl methyl sites for hydroxylation is 2. The topological polar surface area (TPSA) is 88.5 Å². The van der Waals surface area contributed by atoms with Crippen molar-refractivity contribution in [1.82, 2.24) is 4.57 Å². The summed E-state index contributed by atoms with van der Waals surface area (Å²) in [6.45, 7) is 4.38. The summed E-state index contributed by atoms with van der Waals surface area (Å²) < 4.78 is 31.3. The van der Waals surface area contributed by atoms with Crippen LogP contribution in [0.15, 0.2) is 101 Å². The fourth-order valence-electron chi connectivity index (χ4n) is 4.44. The molecule has 5 aromatic rings. The molecule has 0 atom stereocenters. The van der Waals surface area contributed by atoms with E-state index in [-0.39, 0.29) is 22.2 Å². The molecule has 10 heteroatoms. The SMILES string of the molecule is CCn1c(=O)sc2cc(NC(=O)c3ccc(CN(c4cc(Cl)ccc4C)S(=O)(=O)c4ccccc4)cc3)ccc21. The molecular formula is C30H26ClN3O4S2. The van der Waals surface area contributed by atoms with E-state index >= 15 is 0 Å². The van der Waals surface area contributed by atoms with Crippen LogP contribution in [0.1, 0.15) is 28.4 Å². The molecule has 0 unspecified atom stereocenters. The average molecular weight is 592 g/mol. The predicted molar refractivity (Wildman–Crippen MR) is 162 cm³/mol. The Balaban J connectivity index is 1.40. The lowest BCUT2D eigenvalue weighted by Gasteiger charge is -2.26. The number of rotatable bonds is 8. The molecule has 1 amide bonds. The zero-order valence-corrected chi connectivity index (χ0v) is 24.2. The van der Waals surface area contributed by atoms with Crippen molar-refractivity contribution < 1.29 is 13.2 Å². The van der Waals surface area contributed by atoms with Crippen LogP contribution in [0.25, 0.3) is 10.2 Å². The number of aromatic nitrogens is 1. The van der Waals surface area contributed by atoms with Crippen LogP contribution in [0, 0.1) is 6.92 Å². The normalized spacial score (nSPS) is 11.5. The summed E-state index contributed by atoms with van der Waals surface area (Å²) in [6, 6.07) is 25.6. The Morgan fingerprint density at radius 2 is 1.70 bits per heavy atom. The number of carbonyl (C=O) groups is 1. The van der Waals surface area contributed by atoms with Gasteiger partial charge in [0.1, 0.15) is 0 Å². The number of benzene rings is 4. The van der Waals surface area contributed by atoms with Crippen LogP contribution in [0.5, 0.6) is 0 Å². The van der Waals surface area contributed by atoms with E-state index in [1.165, 1.54) is 4.31 Å². The van der Waals surface area contributed by atoms with Crippen molar-refractivity contribution >= 4 is 60.5 Å². The number of nitrogens with one attached hydrogen (secondary N) is 1. The summed E-state index contributed by atoms with van der Waals surface area (Å²) in [4.78, 5) is 25.2. The van der Waals surface area contributed by atoms with E-state index < -0.39 is 10.0 Å². The van der Waals surface area contributed by atoms with E-state index in [1.807, 2.05) is 19.9 Å². The van der Waals surface area contributed by atoms with Gasteiger partial charge in [0.2, 0.25) is 0 Å². The molecule has 7 nitrogen and oxygen atoms in total. The van der Waals surface area contributed by atoms with E-state index in [0.717, 1.165) is 27.1 Å². The van der Waals surface area contributed by atoms with Crippen LogP contribution < -0.4 is 14.5 Å². The Bertz CT molecular complexity index is 1870. The largest absolute Gasteiger partial charge is 0.322 e. The highest BCUT2D eigenvalue weighted by Crippen LogP contribution is 2.31. The van der Waals surface area contributed by atoms with Gasteiger partial charge in [-0.25, -0.2) is 8.42 Å². The Hall–Kier alpha value is -3.92. The maximum absolute atomic E-state index is 13.7. The Kier molecular flexibility index (Phi) is 7.80. The number of halogens is 1. The Morgan fingerprint density at radius 3 is 2.40 bits per heavy atom. The van der Waals surface area contributed by atoms with E-state index in [4.69, 9.17) is 11.6 Å². The van der Waals surface area contributed by atoms with Gasteiger partial charge in [-0.2, -0.15) is 0 Å². The summed E-state index contributed by atoms with van der Waals surface area (Å²) in [5.41, 5.74) is 3.78. The number of thiazole rings is 1. The predicted octanol–water partition coefficient (Wildman–Crippen LogP) is 6.69. The third-order valence-corrected chi connectivity index (χ3v) is 9.51. The second-order valence-corrected chi connectivity index (χ2v) is 12.5. The second kappa shape index (κ2) is 11.3. The van der Waals surface area contributed by atoms with Crippen molar-refractivity contribution in [2.75, 3.05) is 9.62 Å². The zero-order chi connectivity index (χ0) is 28.4. The molecule has 0 aliphatic carbocycles. The molecule has 4 aromatic carbocycles. The van der Waals surface area contributed by atoms with Gasteiger partial charge < -0.3 is 5.32 Å². The van der Waals surface area contributed by atoms with Crippen molar-refractivity contribution in [3.8, 4) is 0 Å². The van der Waals surface area contributed by atoms with E-state index in [2.05, 4.69) is 5.32 Å². The van der Waals surface area contributed by atoms with Crippen LogP contribution in [0.2, 0.25) is 5.02 Å². The second-order valence-electron chi connectivity index (χ2n) is 9.20. The summed E-state index contributed by atoms with van der Waals surface area (Å²) in [6.07, 6.45) is 0. The van der Waals surface area contributed by atoms with E-state index in [9.17, 15) is 18.0 Å². The van der Waals surface area contributed by atoms with Crippen LogP contribution in [-0.4, -0.2) is 18.9 Å². The molecule has 0 radical (unpaired) electrons. The molecule has 0 saturated carbocycles. The van der Waals surface area contributed by atoms with Gasteiger partial charge in [-0.05, 0) is 79.6 Å². The number of sulfonamides is 1. The molecule has 40 heavy (non-hydrogen) atoms. The van der Waals surface area contributed by atoms with Crippen molar-refractivity contribution in [3.05, 3.63) is 122 Å². The first-order valence-electron chi connectivity index (χ1n) is 12.5. The molecule has 204 valence electrons. The number of amides is 1. The maximum atomic E-state index is 13.7. The molecule has 0 aliphatic heterocycles.